The van der Waals surface area contributed by atoms with Crippen molar-refractivity contribution in [1.29, 1.82) is 0 Å². The van der Waals surface area contributed by atoms with Crippen molar-refractivity contribution in [3.63, 3.8) is 0 Å². The molecular formula is C24H27N3O2. The van der Waals surface area contributed by atoms with Crippen molar-refractivity contribution in [2.75, 3.05) is 0 Å². The van der Waals surface area contributed by atoms with Gasteiger partial charge in [-0.1, -0.05) is 30.3 Å². The van der Waals surface area contributed by atoms with Crippen molar-refractivity contribution >= 4 is 5.91 Å². The fourth-order valence-electron chi connectivity index (χ4n) is 3.47. The first-order valence-corrected chi connectivity index (χ1v) is 9.92. The quantitative estimate of drug-likeness (QED) is 0.672. The largest absolute Gasteiger partial charge is 0.350 e. The Balaban J connectivity index is 2.07. The summed E-state index contributed by atoms with van der Waals surface area (Å²) in [6.45, 7) is 6.29. The van der Waals surface area contributed by atoms with Gasteiger partial charge >= 0.3 is 0 Å². The molecule has 0 aliphatic carbocycles. The standard InChI is InChI=1S/C24H27N3O2/c1-17(2)26-24(29)23-21(10-9-19-7-5-4-6-8-19)27(18(3)15-22(23)28)16-20-11-13-25-14-12-20/h4-8,11-15,17H,9-10,16H2,1-3H3,(H,26,29). The maximum absolute atomic E-state index is 12.9. The number of nitrogens with zero attached hydrogens (tertiary/aromatic N) is 2. The van der Waals surface area contributed by atoms with Crippen LogP contribution in [0, 0.1) is 6.92 Å². The topological polar surface area (TPSA) is 64.0 Å². The van der Waals surface area contributed by atoms with Crippen molar-refractivity contribution in [1.82, 2.24) is 14.9 Å². The lowest BCUT2D eigenvalue weighted by Gasteiger charge is -2.21. The van der Waals surface area contributed by atoms with E-state index in [1.54, 1.807) is 18.5 Å². The predicted octanol–water partition coefficient (Wildman–Crippen LogP) is 3.52. The lowest BCUT2D eigenvalue weighted by molar-refractivity contribution is 0.0940. The summed E-state index contributed by atoms with van der Waals surface area (Å²) in [7, 11) is 0. The molecule has 1 N–H and O–H groups in total. The zero-order valence-electron chi connectivity index (χ0n) is 17.2. The van der Waals surface area contributed by atoms with E-state index in [2.05, 4.69) is 27.0 Å². The molecule has 2 aromatic heterocycles. The molecule has 1 aromatic carbocycles. The molecular weight excluding hydrogens is 362 g/mol. The number of amides is 1. The summed E-state index contributed by atoms with van der Waals surface area (Å²) >= 11 is 0. The second-order valence-corrected chi connectivity index (χ2v) is 7.53. The molecule has 0 radical (unpaired) electrons. The molecule has 0 aliphatic rings. The van der Waals surface area contributed by atoms with Crippen molar-refractivity contribution in [3.05, 3.63) is 99.2 Å². The Hall–Kier alpha value is -3.21. The average Bonchev–Trinajstić information content (AvgIpc) is 2.69. The predicted molar refractivity (Wildman–Crippen MR) is 115 cm³/mol. The maximum Gasteiger partial charge on any atom is 0.257 e. The summed E-state index contributed by atoms with van der Waals surface area (Å²) in [6.07, 6.45) is 4.86. The van der Waals surface area contributed by atoms with E-state index in [9.17, 15) is 9.59 Å². The first kappa shape index (κ1) is 20.5. The number of carbonyl (C=O) groups excluding carboxylic acids is 1. The molecule has 5 nitrogen and oxygen atoms in total. The minimum atomic E-state index is -0.309. The van der Waals surface area contributed by atoms with Crippen molar-refractivity contribution in [3.8, 4) is 0 Å². The molecule has 5 heteroatoms. The second-order valence-electron chi connectivity index (χ2n) is 7.53. The van der Waals surface area contributed by atoms with Crippen LogP contribution in [-0.2, 0) is 19.4 Å². The van der Waals surface area contributed by atoms with E-state index in [0.717, 1.165) is 23.4 Å². The van der Waals surface area contributed by atoms with Crippen LogP contribution in [0.15, 0.2) is 65.7 Å². The van der Waals surface area contributed by atoms with Crippen LogP contribution in [0.5, 0.6) is 0 Å². The lowest BCUT2D eigenvalue weighted by Crippen LogP contribution is -2.36. The monoisotopic (exact) mass is 389 g/mol. The summed E-state index contributed by atoms with van der Waals surface area (Å²) in [5.74, 6) is -0.309. The van der Waals surface area contributed by atoms with Gasteiger partial charge in [0.25, 0.3) is 5.91 Å². The third-order valence-corrected chi connectivity index (χ3v) is 4.86. The molecule has 3 aromatic rings. The Labute approximate surface area is 171 Å². The van der Waals surface area contributed by atoms with E-state index in [0.29, 0.717) is 13.0 Å². The highest BCUT2D eigenvalue weighted by molar-refractivity contribution is 5.95. The van der Waals surface area contributed by atoms with Gasteiger partial charge in [-0.3, -0.25) is 14.6 Å². The van der Waals surface area contributed by atoms with Gasteiger partial charge < -0.3 is 9.88 Å². The van der Waals surface area contributed by atoms with Crippen molar-refractivity contribution in [2.45, 2.75) is 46.2 Å². The van der Waals surface area contributed by atoms with Gasteiger partial charge in [0.1, 0.15) is 5.56 Å². The SMILES string of the molecule is Cc1cc(=O)c(C(=O)NC(C)C)c(CCc2ccccc2)n1Cc1ccncc1. The molecule has 0 saturated carbocycles. The number of benzene rings is 1. The minimum Gasteiger partial charge on any atom is -0.350 e. The number of carbonyl (C=O) groups is 1. The molecule has 0 atom stereocenters. The van der Waals surface area contributed by atoms with Gasteiger partial charge in [0.15, 0.2) is 5.43 Å². The number of aromatic nitrogens is 2. The Bertz CT molecular complexity index is 1030. The van der Waals surface area contributed by atoms with Gasteiger partial charge in [-0.2, -0.15) is 0 Å². The molecule has 2 heterocycles. The van der Waals surface area contributed by atoms with Crippen LogP contribution in [0.25, 0.3) is 0 Å². The fraction of sp³-hybridized carbons (Fsp3) is 0.292. The summed E-state index contributed by atoms with van der Waals surface area (Å²) in [5.41, 5.74) is 3.88. The molecule has 0 spiro atoms. The number of aryl methyl sites for hydroxylation is 2. The van der Waals surface area contributed by atoms with E-state index in [1.807, 2.05) is 51.1 Å². The van der Waals surface area contributed by atoms with Crippen molar-refractivity contribution < 1.29 is 4.79 Å². The zero-order chi connectivity index (χ0) is 20.8. The summed E-state index contributed by atoms with van der Waals surface area (Å²) in [4.78, 5) is 29.8. The summed E-state index contributed by atoms with van der Waals surface area (Å²) in [5, 5.41) is 2.89. The molecule has 0 unspecified atom stereocenters. The van der Waals surface area contributed by atoms with Crippen molar-refractivity contribution in [2.24, 2.45) is 0 Å². The number of hydrogen-bond donors (Lipinski definition) is 1. The molecule has 0 saturated heterocycles. The van der Waals surface area contributed by atoms with Crippen LogP contribution in [-0.4, -0.2) is 21.5 Å². The lowest BCUT2D eigenvalue weighted by atomic mass is 10.0. The normalized spacial score (nSPS) is 10.9. The Morgan fingerprint density at radius 2 is 1.72 bits per heavy atom. The van der Waals surface area contributed by atoms with E-state index < -0.39 is 0 Å². The first-order valence-electron chi connectivity index (χ1n) is 9.92. The molecule has 3 rings (SSSR count). The number of hydrogen-bond acceptors (Lipinski definition) is 3. The highest BCUT2D eigenvalue weighted by Crippen LogP contribution is 2.16. The molecule has 0 bridgehead atoms. The van der Waals surface area contributed by atoms with Gasteiger partial charge in [-0.05, 0) is 56.9 Å². The van der Waals surface area contributed by atoms with Crippen LogP contribution in [0.3, 0.4) is 0 Å². The van der Waals surface area contributed by atoms with Gasteiger partial charge in [0, 0.05) is 42.4 Å². The van der Waals surface area contributed by atoms with Crippen LogP contribution in [0.4, 0.5) is 0 Å². The highest BCUT2D eigenvalue weighted by atomic mass is 16.2. The minimum absolute atomic E-state index is 0.0428. The van der Waals surface area contributed by atoms with Gasteiger partial charge in [-0.15, -0.1) is 0 Å². The summed E-state index contributed by atoms with van der Waals surface area (Å²) in [6, 6.07) is 15.5. The molecule has 1 amide bonds. The van der Waals surface area contributed by atoms with E-state index >= 15 is 0 Å². The molecule has 150 valence electrons. The van der Waals surface area contributed by atoms with Crippen LogP contribution in [0.2, 0.25) is 0 Å². The van der Waals surface area contributed by atoms with Gasteiger partial charge in [0.2, 0.25) is 0 Å². The Morgan fingerprint density at radius 1 is 1.03 bits per heavy atom. The third kappa shape index (κ3) is 5.19. The fourth-order valence-corrected chi connectivity index (χ4v) is 3.47. The van der Waals surface area contributed by atoms with Gasteiger partial charge in [0.05, 0.1) is 0 Å². The second kappa shape index (κ2) is 9.32. The zero-order valence-corrected chi connectivity index (χ0v) is 17.2. The molecule has 0 aliphatic heterocycles. The van der Waals surface area contributed by atoms with Crippen LogP contribution < -0.4 is 10.7 Å². The van der Waals surface area contributed by atoms with Crippen LogP contribution >= 0.6 is 0 Å². The molecule has 0 fully saturated rings. The highest BCUT2D eigenvalue weighted by Gasteiger charge is 2.21. The van der Waals surface area contributed by atoms with E-state index in [1.165, 1.54) is 5.56 Å². The van der Waals surface area contributed by atoms with Crippen LogP contribution in [0.1, 0.15) is 46.7 Å². The Morgan fingerprint density at radius 3 is 2.38 bits per heavy atom. The number of nitrogens with one attached hydrogen (secondary N) is 1. The number of pyridine rings is 2. The van der Waals surface area contributed by atoms with E-state index in [4.69, 9.17) is 0 Å². The summed E-state index contributed by atoms with van der Waals surface area (Å²) < 4.78 is 2.08. The average molecular weight is 389 g/mol. The third-order valence-electron chi connectivity index (χ3n) is 4.86. The molecule has 29 heavy (non-hydrogen) atoms. The van der Waals surface area contributed by atoms with E-state index in [-0.39, 0.29) is 22.9 Å². The first-order chi connectivity index (χ1) is 14.0. The Kier molecular flexibility index (Phi) is 6.60. The smallest absolute Gasteiger partial charge is 0.257 e. The number of rotatable bonds is 7. The van der Waals surface area contributed by atoms with Gasteiger partial charge in [-0.25, -0.2) is 0 Å². The maximum atomic E-state index is 12.9.